The lowest BCUT2D eigenvalue weighted by Crippen LogP contribution is -2.46. The Morgan fingerprint density at radius 1 is 1.33 bits per heavy atom. The van der Waals surface area contributed by atoms with E-state index in [1.807, 2.05) is 18.4 Å². The highest BCUT2D eigenvalue weighted by Crippen LogP contribution is 2.25. The van der Waals surface area contributed by atoms with Crippen LogP contribution in [0.5, 0.6) is 0 Å². The van der Waals surface area contributed by atoms with E-state index in [0.717, 1.165) is 57.8 Å². The Labute approximate surface area is 184 Å². The van der Waals surface area contributed by atoms with E-state index in [-0.39, 0.29) is 24.0 Å². The summed E-state index contributed by atoms with van der Waals surface area (Å²) < 4.78 is 5.53. The van der Waals surface area contributed by atoms with Gasteiger partial charge in [-0.25, -0.2) is 0 Å². The van der Waals surface area contributed by atoms with Gasteiger partial charge in [0.2, 0.25) is 0 Å². The molecule has 0 amide bonds. The molecule has 2 aliphatic heterocycles. The van der Waals surface area contributed by atoms with Crippen molar-refractivity contribution in [1.82, 2.24) is 20.4 Å². The van der Waals surface area contributed by atoms with Crippen molar-refractivity contribution in [3.05, 3.63) is 22.4 Å². The second-order valence-electron chi connectivity index (χ2n) is 7.06. The number of ether oxygens (including phenoxy) is 1. The van der Waals surface area contributed by atoms with E-state index in [4.69, 9.17) is 4.74 Å². The third-order valence-corrected chi connectivity index (χ3v) is 6.39. The summed E-state index contributed by atoms with van der Waals surface area (Å²) in [7, 11) is 1.86. The molecule has 0 aliphatic carbocycles. The van der Waals surface area contributed by atoms with Crippen LogP contribution in [0.2, 0.25) is 0 Å². The lowest BCUT2D eigenvalue weighted by molar-refractivity contribution is 0.0177. The summed E-state index contributed by atoms with van der Waals surface area (Å²) in [6.45, 7) is 11.3. The number of hydrogen-bond acceptors (Lipinski definition) is 5. The van der Waals surface area contributed by atoms with Crippen LogP contribution in [-0.4, -0.2) is 81.8 Å². The summed E-state index contributed by atoms with van der Waals surface area (Å²) in [4.78, 5) is 10.9. The van der Waals surface area contributed by atoms with Gasteiger partial charge in [-0.3, -0.25) is 9.89 Å². The highest BCUT2D eigenvalue weighted by Gasteiger charge is 2.24. The van der Waals surface area contributed by atoms with E-state index in [1.54, 1.807) is 0 Å². The van der Waals surface area contributed by atoms with Crippen molar-refractivity contribution in [3.8, 4) is 0 Å². The van der Waals surface area contributed by atoms with E-state index < -0.39 is 0 Å². The average Bonchev–Trinajstić information content (AvgIpc) is 3.37. The van der Waals surface area contributed by atoms with E-state index in [0.29, 0.717) is 6.04 Å². The summed E-state index contributed by atoms with van der Waals surface area (Å²) in [6.07, 6.45) is 1.28. The Bertz CT molecular complexity index is 550. The standard InChI is InChI=1S/C19H33N5OS.HI/c1-3-23-7-6-16(15-23)13-21-19(20-2)22-14-17(18-5-4-12-26-18)24-8-10-25-11-9-24;/h4-5,12,16-17H,3,6-11,13-15H2,1-2H3,(H2,20,21,22);1H. The van der Waals surface area contributed by atoms with Crippen molar-refractivity contribution in [1.29, 1.82) is 0 Å². The average molecular weight is 507 g/mol. The van der Waals surface area contributed by atoms with Gasteiger partial charge < -0.3 is 20.3 Å². The molecule has 27 heavy (non-hydrogen) atoms. The van der Waals surface area contributed by atoms with Gasteiger partial charge in [0.05, 0.1) is 19.3 Å². The molecule has 2 atom stereocenters. The second-order valence-corrected chi connectivity index (χ2v) is 8.04. The van der Waals surface area contributed by atoms with Crippen LogP contribution in [0.4, 0.5) is 0 Å². The van der Waals surface area contributed by atoms with Crippen LogP contribution >= 0.6 is 35.3 Å². The molecule has 3 heterocycles. The minimum atomic E-state index is 0. The molecule has 6 nitrogen and oxygen atoms in total. The zero-order chi connectivity index (χ0) is 18.2. The van der Waals surface area contributed by atoms with Gasteiger partial charge in [-0.2, -0.15) is 0 Å². The first kappa shape index (κ1) is 22.9. The van der Waals surface area contributed by atoms with Crippen molar-refractivity contribution in [2.75, 3.05) is 66.1 Å². The van der Waals surface area contributed by atoms with Crippen LogP contribution in [-0.2, 0) is 4.74 Å². The normalized spacial score (nSPS) is 23.0. The Morgan fingerprint density at radius 3 is 2.78 bits per heavy atom. The number of thiophene rings is 1. The number of morpholine rings is 1. The van der Waals surface area contributed by atoms with Gasteiger partial charge in [0.25, 0.3) is 0 Å². The third-order valence-electron chi connectivity index (χ3n) is 5.42. The van der Waals surface area contributed by atoms with E-state index in [9.17, 15) is 0 Å². The number of nitrogens with zero attached hydrogens (tertiary/aromatic N) is 3. The Hall–Kier alpha value is -0.420. The molecular weight excluding hydrogens is 473 g/mol. The Morgan fingerprint density at radius 2 is 2.15 bits per heavy atom. The molecule has 154 valence electrons. The van der Waals surface area contributed by atoms with Gasteiger partial charge in [-0.05, 0) is 36.9 Å². The summed E-state index contributed by atoms with van der Waals surface area (Å²) in [5, 5.41) is 9.25. The summed E-state index contributed by atoms with van der Waals surface area (Å²) in [6, 6.07) is 4.75. The number of rotatable bonds is 7. The van der Waals surface area contributed by atoms with Gasteiger partial charge in [0.1, 0.15) is 0 Å². The molecule has 0 saturated carbocycles. The highest BCUT2D eigenvalue weighted by atomic mass is 127. The largest absolute Gasteiger partial charge is 0.379 e. The third kappa shape index (κ3) is 6.85. The van der Waals surface area contributed by atoms with Crippen molar-refractivity contribution < 1.29 is 4.74 Å². The molecule has 2 unspecified atom stereocenters. The number of halogens is 1. The zero-order valence-electron chi connectivity index (χ0n) is 16.5. The van der Waals surface area contributed by atoms with Gasteiger partial charge in [0, 0.05) is 44.6 Å². The van der Waals surface area contributed by atoms with Crippen molar-refractivity contribution in [3.63, 3.8) is 0 Å². The molecule has 1 aromatic rings. The van der Waals surface area contributed by atoms with Gasteiger partial charge in [-0.1, -0.05) is 13.0 Å². The Balaban J connectivity index is 0.00000261. The molecule has 3 rings (SSSR count). The SMILES string of the molecule is CCN1CCC(CNC(=NC)NCC(c2cccs2)N2CCOCC2)C1.I. The fourth-order valence-electron chi connectivity index (χ4n) is 3.80. The summed E-state index contributed by atoms with van der Waals surface area (Å²) >= 11 is 1.83. The second kappa shape index (κ2) is 12.2. The van der Waals surface area contributed by atoms with Crippen LogP contribution in [0.1, 0.15) is 24.3 Å². The van der Waals surface area contributed by atoms with Crippen LogP contribution in [0.25, 0.3) is 0 Å². The first-order valence-electron chi connectivity index (χ1n) is 9.82. The maximum Gasteiger partial charge on any atom is 0.191 e. The van der Waals surface area contributed by atoms with E-state index in [2.05, 4.69) is 49.9 Å². The monoisotopic (exact) mass is 507 g/mol. The molecule has 2 N–H and O–H groups in total. The quantitative estimate of drug-likeness (QED) is 0.337. The van der Waals surface area contributed by atoms with Crippen molar-refractivity contribution in [2.24, 2.45) is 10.9 Å². The lowest BCUT2D eigenvalue weighted by Gasteiger charge is -2.34. The first-order chi connectivity index (χ1) is 12.8. The topological polar surface area (TPSA) is 52.1 Å². The molecule has 0 aromatic carbocycles. The number of guanidine groups is 1. The molecule has 0 bridgehead atoms. The summed E-state index contributed by atoms with van der Waals surface area (Å²) in [5.41, 5.74) is 0. The predicted octanol–water partition coefficient (Wildman–Crippen LogP) is 2.25. The molecule has 2 aliphatic rings. The maximum atomic E-state index is 5.53. The highest BCUT2D eigenvalue weighted by molar-refractivity contribution is 14.0. The van der Waals surface area contributed by atoms with E-state index >= 15 is 0 Å². The first-order valence-corrected chi connectivity index (χ1v) is 10.7. The maximum absolute atomic E-state index is 5.53. The minimum Gasteiger partial charge on any atom is -0.379 e. The number of likely N-dealkylation sites (tertiary alicyclic amines) is 1. The zero-order valence-corrected chi connectivity index (χ0v) is 19.7. The molecule has 8 heteroatoms. The molecule has 0 radical (unpaired) electrons. The van der Waals surface area contributed by atoms with Crippen molar-refractivity contribution >= 4 is 41.3 Å². The van der Waals surface area contributed by atoms with Crippen LogP contribution < -0.4 is 10.6 Å². The van der Waals surface area contributed by atoms with Crippen LogP contribution in [0.3, 0.4) is 0 Å². The van der Waals surface area contributed by atoms with Gasteiger partial charge in [0.15, 0.2) is 5.96 Å². The molecule has 0 spiro atoms. The number of aliphatic imine (C=N–C) groups is 1. The Kier molecular flexibility index (Phi) is 10.3. The van der Waals surface area contributed by atoms with E-state index in [1.165, 1.54) is 24.4 Å². The lowest BCUT2D eigenvalue weighted by atomic mass is 10.1. The molecule has 1 aromatic heterocycles. The molecule has 2 fully saturated rings. The minimum absolute atomic E-state index is 0. The predicted molar refractivity (Wildman–Crippen MR) is 124 cm³/mol. The fourth-order valence-corrected chi connectivity index (χ4v) is 4.66. The number of nitrogens with one attached hydrogen (secondary N) is 2. The molecule has 2 saturated heterocycles. The van der Waals surface area contributed by atoms with Crippen molar-refractivity contribution in [2.45, 2.75) is 19.4 Å². The van der Waals surface area contributed by atoms with Crippen LogP contribution in [0.15, 0.2) is 22.5 Å². The fraction of sp³-hybridized carbons (Fsp3) is 0.737. The number of hydrogen-bond donors (Lipinski definition) is 2. The van der Waals surface area contributed by atoms with Crippen LogP contribution in [0, 0.1) is 5.92 Å². The summed E-state index contributed by atoms with van der Waals surface area (Å²) in [5.74, 6) is 1.63. The molecular formula is C19H34IN5OS. The smallest absolute Gasteiger partial charge is 0.191 e. The van der Waals surface area contributed by atoms with Gasteiger partial charge in [-0.15, -0.1) is 35.3 Å². The van der Waals surface area contributed by atoms with Gasteiger partial charge >= 0.3 is 0 Å².